The fraction of sp³-hybridized carbons (Fsp3) is 0. The molecule has 6 aromatic rings. The maximum absolute atomic E-state index is 12.7. The van der Waals surface area contributed by atoms with Crippen molar-refractivity contribution >= 4 is 56.4 Å². The van der Waals surface area contributed by atoms with Crippen molar-refractivity contribution in [3.8, 4) is 27.0 Å². The first kappa shape index (κ1) is 16.9. The predicted molar refractivity (Wildman–Crippen MR) is 124 cm³/mol. The van der Waals surface area contributed by atoms with Crippen LogP contribution in [0.4, 0.5) is 0 Å². The lowest BCUT2D eigenvalue weighted by atomic mass is 10.1. The number of H-pyrrole nitrogens is 4. The van der Waals surface area contributed by atoms with Crippen LogP contribution < -0.4 is 0 Å². The molecule has 0 fully saturated rings. The molecule has 1 amide bonds. The molecule has 31 heavy (non-hydrogen) atoms. The van der Waals surface area contributed by atoms with E-state index in [1.54, 1.807) is 11.3 Å². The van der Waals surface area contributed by atoms with E-state index in [0.29, 0.717) is 22.5 Å². The number of aromatic amines is 4. The third kappa shape index (κ3) is 2.27. The second kappa shape index (κ2) is 5.87. The van der Waals surface area contributed by atoms with Gasteiger partial charge in [0.15, 0.2) is 5.88 Å². The lowest BCUT2D eigenvalue weighted by Gasteiger charge is -1.96. The summed E-state index contributed by atoms with van der Waals surface area (Å²) in [6.07, 6.45) is 1.91. The van der Waals surface area contributed by atoms with Gasteiger partial charge in [-0.1, -0.05) is 6.07 Å². The van der Waals surface area contributed by atoms with Crippen LogP contribution >= 0.6 is 22.7 Å². The summed E-state index contributed by atoms with van der Waals surface area (Å²) in [5, 5.41) is 12.5. The number of carbonyl (C=O) groups is 1. The zero-order valence-electron chi connectivity index (χ0n) is 15.7. The van der Waals surface area contributed by atoms with Crippen molar-refractivity contribution in [2.24, 2.45) is 4.99 Å². The molecule has 150 valence electrons. The Morgan fingerprint density at radius 3 is 2.68 bits per heavy atom. The highest BCUT2D eigenvalue weighted by molar-refractivity contribution is 7.18. The quantitative estimate of drug-likeness (QED) is 0.250. The predicted octanol–water partition coefficient (Wildman–Crippen LogP) is 5.46. The van der Waals surface area contributed by atoms with Gasteiger partial charge in [-0.15, -0.1) is 22.7 Å². The van der Waals surface area contributed by atoms with Crippen LogP contribution in [0.3, 0.4) is 0 Å². The molecule has 0 saturated heterocycles. The summed E-state index contributed by atoms with van der Waals surface area (Å²) in [5.41, 5.74) is 7.23. The minimum atomic E-state index is -0.331. The molecule has 0 bridgehead atoms. The molecule has 1 aliphatic rings. The third-order valence-corrected chi connectivity index (χ3v) is 7.61. The highest BCUT2D eigenvalue weighted by atomic mass is 32.1. The lowest BCUT2D eigenvalue weighted by molar-refractivity contribution is 0.101. The second-order valence-corrected chi connectivity index (χ2v) is 9.40. The first-order valence-electron chi connectivity index (χ1n) is 9.58. The van der Waals surface area contributed by atoms with Gasteiger partial charge in [-0.2, -0.15) is 0 Å². The zero-order valence-corrected chi connectivity index (χ0v) is 17.4. The molecule has 0 saturated carbocycles. The molecule has 5 N–H and O–H groups in total. The summed E-state index contributed by atoms with van der Waals surface area (Å²) < 4.78 is 0. The maximum atomic E-state index is 12.7. The molecule has 0 aliphatic carbocycles. The van der Waals surface area contributed by atoms with Crippen molar-refractivity contribution in [3.63, 3.8) is 0 Å². The van der Waals surface area contributed by atoms with Crippen molar-refractivity contribution in [2.45, 2.75) is 0 Å². The first-order valence-corrected chi connectivity index (χ1v) is 11.3. The van der Waals surface area contributed by atoms with Gasteiger partial charge in [0.25, 0.3) is 5.91 Å². The van der Waals surface area contributed by atoms with Crippen molar-refractivity contribution in [3.05, 3.63) is 64.0 Å². The molecular weight excluding hydrogens is 430 g/mol. The van der Waals surface area contributed by atoms with Crippen LogP contribution in [0.5, 0.6) is 5.88 Å². The number of nitrogens with zero attached hydrogens (tertiary/aromatic N) is 1. The molecule has 7 rings (SSSR count). The van der Waals surface area contributed by atoms with Gasteiger partial charge < -0.3 is 25.0 Å². The number of hydrogen-bond acceptors (Lipinski definition) is 4. The Labute approximate surface area is 182 Å². The number of thiophene rings is 2. The van der Waals surface area contributed by atoms with Gasteiger partial charge in [0.05, 0.1) is 64.9 Å². The normalized spacial score (nSPS) is 13.5. The van der Waals surface area contributed by atoms with Gasteiger partial charge in [-0.05, 0) is 35.7 Å². The number of aromatic nitrogens is 4. The van der Waals surface area contributed by atoms with Crippen LogP contribution in [0.2, 0.25) is 0 Å². The standard InChI is InChI=1S/C22H13N5O2S2/c28-21-15-16(22(29)26-19(15)13-2-1-7-30-13)20(27-21)14-4-3-12(31-14)10-8-11-18(25-10)17-9(24-11)5-6-23-17/h1-8,23-25,27-28H. The summed E-state index contributed by atoms with van der Waals surface area (Å²) in [6, 6.07) is 11.9. The number of rotatable bonds is 3. The SMILES string of the molecule is O=C1N=C(c2cccs2)c2c(O)[nH]c(-c3ccc(-c4cc5[nH]c6cc[nH]c6c5[nH]4)s3)c21. The lowest BCUT2D eigenvalue weighted by Crippen LogP contribution is -1.96. The Kier molecular flexibility index (Phi) is 3.20. The average Bonchev–Trinajstić information content (AvgIpc) is 3.56. The zero-order chi connectivity index (χ0) is 20.7. The number of fused-ring (bicyclic) bond motifs is 4. The molecule has 7 nitrogen and oxygen atoms in total. The number of carbonyl (C=O) groups excluding carboxylic acids is 1. The summed E-state index contributed by atoms with van der Waals surface area (Å²) in [6.45, 7) is 0. The number of aromatic hydroxyl groups is 1. The minimum absolute atomic E-state index is 0.0275. The van der Waals surface area contributed by atoms with Crippen LogP contribution in [0.1, 0.15) is 20.8 Å². The van der Waals surface area contributed by atoms with Gasteiger partial charge in [0.1, 0.15) is 0 Å². The van der Waals surface area contributed by atoms with Crippen LogP contribution in [-0.4, -0.2) is 36.7 Å². The Hall–Kier alpha value is -3.82. The molecule has 6 aromatic heterocycles. The summed E-state index contributed by atoms with van der Waals surface area (Å²) in [5.74, 6) is -0.359. The van der Waals surface area contributed by atoms with Gasteiger partial charge in [-0.25, -0.2) is 4.99 Å². The van der Waals surface area contributed by atoms with Crippen molar-refractivity contribution in [2.75, 3.05) is 0 Å². The topological polar surface area (TPSA) is 113 Å². The van der Waals surface area contributed by atoms with E-state index in [4.69, 9.17) is 0 Å². The van der Waals surface area contributed by atoms with Gasteiger partial charge in [0, 0.05) is 6.20 Å². The Morgan fingerprint density at radius 2 is 1.81 bits per heavy atom. The number of hydrogen-bond donors (Lipinski definition) is 5. The maximum Gasteiger partial charge on any atom is 0.280 e. The molecule has 0 spiro atoms. The fourth-order valence-corrected chi connectivity index (χ4v) is 5.95. The van der Waals surface area contributed by atoms with E-state index in [-0.39, 0.29) is 11.8 Å². The Morgan fingerprint density at radius 1 is 0.903 bits per heavy atom. The monoisotopic (exact) mass is 443 g/mol. The summed E-state index contributed by atoms with van der Waals surface area (Å²) in [7, 11) is 0. The van der Waals surface area contributed by atoms with E-state index in [9.17, 15) is 9.90 Å². The molecule has 1 aliphatic heterocycles. The molecule has 0 unspecified atom stereocenters. The van der Waals surface area contributed by atoms with E-state index in [2.05, 4.69) is 31.0 Å². The van der Waals surface area contributed by atoms with E-state index < -0.39 is 0 Å². The van der Waals surface area contributed by atoms with Crippen molar-refractivity contribution < 1.29 is 9.90 Å². The highest BCUT2D eigenvalue weighted by Gasteiger charge is 2.34. The number of amides is 1. The minimum Gasteiger partial charge on any atom is -0.494 e. The smallest absolute Gasteiger partial charge is 0.280 e. The fourth-order valence-electron chi connectivity index (χ4n) is 4.25. The molecule has 0 aromatic carbocycles. The van der Waals surface area contributed by atoms with Crippen molar-refractivity contribution in [1.29, 1.82) is 0 Å². The highest BCUT2D eigenvalue weighted by Crippen LogP contribution is 2.42. The van der Waals surface area contributed by atoms with Crippen molar-refractivity contribution in [1.82, 2.24) is 19.9 Å². The van der Waals surface area contributed by atoms with Crippen LogP contribution in [-0.2, 0) is 0 Å². The summed E-state index contributed by atoms with van der Waals surface area (Å²) >= 11 is 3.04. The molecular formula is C22H13N5O2S2. The number of nitrogens with one attached hydrogen (secondary N) is 4. The average molecular weight is 444 g/mol. The van der Waals surface area contributed by atoms with Crippen LogP contribution in [0.25, 0.3) is 43.2 Å². The van der Waals surface area contributed by atoms with Gasteiger partial charge >= 0.3 is 0 Å². The van der Waals surface area contributed by atoms with Crippen LogP contribution in [0, 0.1) is 0 Å². The van der Waals surface area contributed by atoms with E-state index >= 15 is 0 Å². The summed E-state index contributed by atoms with van der Waals surface area (Å²) in [4.78, 5) is 32.8. The number of aliphatic imine (C=N–C) groups is 1. The molecule has 7 heterocycles. The van der Waals surface area contributed by atoms with Crippen LogP contribution in [0.15, 0.2) is 53.0 Å². The largest absolute Gasteiger partial charge is 0.494 e. The van der Waals surface area contributed by atoms with Gasteiger partial charge in [-0.3, -0.25) is 4.79 Å². The van der Waals surface area contributed by atoms with Gasteiger partial charge in [0.2, 0.25) is 0 Å². The van der Waals surface area contributed by atoms with E-state index in [1.165, 1.54) is 11.3 Å². The molecule has 0 radical (unpaired) electrons. The van der Waals surface area contributed by atoms with E-state index in [1.807, 2.05) is 41.9 Å². The Bertz CT molecular complexity index is 1670. The molecule has 0 atom stereocenters. The Balaban J connectivity index is 1.32. The van der Waals surface area contributed by atoms with E-state index in [0.717, 1.165) is 42.4 Å². The molecule has 9 heteroatoms. The third-order valence-electron chi connectivity index (χ3n) is 5.60. The first-order chi connectivity index (χ1) is 15.2. The second-order valence-electron chi connectivity index (χ2n) is 7.37.